The second-order valence-corrected chi connectivity index (χ2v) is 7.82. The van der Waals surface area contributed by atoms with Crippen molar-refractivity contribution in [1.29, 1.82) is 0 Å². The third kappa shape index (κ3) is 3.46. The van der Waals surface area contributed by atoms with Gasteiger partial charge in [0, 0.05) is 51.4 Å². The normalized spacial score (nSPS) is 17.2. The van der Waals surface area contributed by atoms with Crippen molar-refractivity contribution in [2.75, 3.05) is 32.8 Å². The molecule has 0 aliphatic carbocycles. The number of aryl methyl sites for hydroxylation is 1. The van der Waals surface area contributed by atoms with E-state index in [9.17, 15) is 4.79 Å². The van der Waals surface area contributed by atoms with Crippen LogP contribution in [-0.4, -0.2) is 63.1 Å². The summed E-state index contributed by atoms with van der Waals surface area (Å²) in [6.45, 7) is 6.99. The molecule has 0 unspecified atom stereocenters. The van der Waals surface area contributed by atoms with Crippen molar-refractivity contribution in [3.8, 4) is 5.75 Å². The molecule has 1 saturated heterocycles. The van der Waals surface area contributed by atoms with Gasteiger partial charge >= 0.3 is 0 Å². The monoisotopic (exact) mass is 391 g/mol. The maximum Gasteiger partial charge on any atom is 0.257 e. The largest absolute Gasteiger partial charge is 0.493 e. The molecule has 29 heavy (non-hydrogen) atoms. The molecule has 2 aromatic heterocycles. The van der Waals surface area contributed by atoms with E-state index in [4.69, 9.17) is 4.74 Å². The van der Waals surface area contributed by atoms with Crippen LogP contribution in [0.5, 0.6) is 5.75 Å². The van der Waals surface area contributed by atoms with Gasteiger partial charge in [0.25, 0.3) is 5.91 Å². The fourth-order valence-electron chi connectivity index (χ4n) is 4.30. The molecule has 5 rings (SSSR count). The van der Waals surface area contributed by atoms with Crippen LogP contribution in [0, 0.1) is 6.92 Å². The predicted octanol–water partition coefficient (Wildman–Crippen LogP) is 2.32. The Balaban J connectivity index is 1.26. The summed E-state index contributed by atoms with van der Waals surface area (Å²) in [5.41, 5.74) is 4.87. The zero-order valence-corrected chi connectivity index (χ0v) is 16.7. The first-order valence-corrected chi connectivity index (χ1v) is 10.2. The van der Waals surface area contributed by atoms with E-state index < -0.39 is 0 Å². The van der Waals surface area contributed by atoms with Crippen molar-refractivity contribution in [2.45, 2.75) is 26.3 Å². The van der Waals surface area contributed by atoms with Crippen LogP contribution >= 0.6 is 0 Å². The molecule has 1 amide bonds. The van der Waals surface area contributed by atoms with E-state index in [1.54, 1.807) is 16.9 Å². The molecule has 0 spiro atoms. The highest BCUT2D eigenvalue weighted by atomic mass is 16.5. The summed E-state index contributed by atoms with van der Waals surface area (Å²) < 4.78 is 7.34. The van der Waals surface area contributed by atoms with Crippen LogP contribution in [0.15, 0.2) is 36.7 Å². The molecule has 150 valence electrons. The SMILES string of the molecule is Cc1c(C(=O)N2CCCN(Cc3ccc4c(c3)CCO4)CC2)cnc2ccnn12. The number of nitrogens with zero attached hydrogens (tertiary/aromatic N) is 5. The lowest BCUT2D eigenvalue weighted by Gasteiger charge is -2.23. The highest BCUT2D eigenvalue weighted by molar-refractivity contribution is 5.95. The van der Waals surface area contributed by atoms with Crippen molar-refractivity contribution in [3.05, 3.63) is 59.0 Å². The Morgan fingerprint density at radius 1 is 1.17 bits per heavy atom. The van der Waals surface area contributed by atoms with Crippen molar-refractivity contribution in [3.63, 3.8) is 0 Å². The van der Waals surface area contributed by atoms with Gasteiger partial charge in [-0.15, -0.1) is 0 Å². The number of fused-ring (bicyclic) bond motifs is 2. The lowest BCUT2D eigenvalue weighted by Crippen LogP contribution is -2.35. The van der Waals surface area contributed by atoms with E-state index in [1.807, 2.05) is 17.9 Å². The summed E-state index contributed by atoms with van der Waals surface area (Å²) in [6.07, 6.45) is 5.36. The van der Waals surface area contributed by atoms with Crippen molar-refractivity contribution < 1.29 is 9.53 Å². The van der Waals surface area contributed by atoms with Crippen LogP contribution in [0.4, 0.5) is 0 Å². The number of aromatic nitrogens is 3. The van der Waals surface area contributed by atoms with E-state index in [0.29, 0.717) is 5.56 Å². The number of carbonyl (C=O) groups excluding carboxylic acids is 1. The molecule has 0 atom stereocenters. The number of amides is 1. The Kier molecular flexibility index (Phi) is 4.67. The van der Waals surface area contributed by atoms with Crippen molar-refractivity contribution >= 4 is 11.6 Å². The third-order valence-electron chi connectivity index (χ3n) is 5.92. The third-order valence-corrected chi connectivity index (χ3v) is 5.92. The van der Waals surface area contributed by atoms with E-state index >= 15 is 0 Å². The molecule has 2 aliphatic rings. The highest BCUT2D eigenvalue weighted by Gasteiger charge is 2.23. The second-order valence-electron chi connectivity index (χ2n) is 7.82. The van der Waals surface area contributed by atoms with Gasteiger partial charge in [-0.1, -0.05) is 12.1 Å². The average Bonchev–Trinajstić information content (AvgIpc) is 3.33. The number of ether oxygens (including phenoxy) is 1. The number of rotatable bonds is 3. The van der Waals surface area contributed by atoms with Crippen LogP contribution in [0.1, 0.15) is 33.6 Å². The first kappa shape index (κ1) is 18.1. The van der Waals surface area contributed by atoms with Gasteiger partial charge in [-0.3, -0.25) is 9.69 Å². The molecule has 2 aliphatic heterocycles. The first-order valence-electron chi connectivity index (χ1n) is 10.2. The Morgan fingerprint density at radius 3 is 3.03 bits per heavy atom. The standard InChI is InChI=1S/C22H25N5O2/c1-16-19(14-23-21-5-7-24-27(16)21)22(28)26-9-2-8-25(10-11-26)15-17-3-4-20-18(13-17)6-12-29-20/h3-5,7,13-14H,2,6,8-12,15H2,1H3. The molecular weight excluding hydrogens is 366 g/mol. The quantitative estimate of drug-likeness (QED) is 0.686. The average molecular weight is 391 g/mol. The van der Waals surface area contributed by atoms with Crippen molar-refractivity contribution in [2.24, 2.45) is 0 Å². The fourth-order valence-corrected chi connectivity index (χ4v) is 4.30. The fraction of sp³-hybridized carbons (Fsp3) is 0.409. The highest BCUT2D eigenvalue weighted by Crippen LogP contribution is 2.26. The van der Waals surface area contributed by atoms with Gasteiger partial charge in [-0.05, 0) is 30.5 Å². The van der Waals surface area contributed by atoms with E-state index in [0.717, 1.165) is 69.3 Å². The van der Waals surface area contributed by atoms with Crippen LogP contribution in [0.3, 0.4) is 0 Å². The van der Waals surface area contributed by atoms with E-state index in [2.05, 4.69) is 33.2 Å². The van der Waals surface area contributed by atoms with Gasteiger partial charge in [-0.25, -0.2) is 9.50 Å². The molecule has 4 heterocycles. The number of carbonyl (C=O) groups is 1. The topological polar surface area (TPSA) is 63.0 Å². The van der Waals surface area contributed by atoms with Crippen LogP contribution in [0.2, 0.25) is 0 Å². The van der Waals surface area contributed by atoms with Gasteiger partial charge < -0.3 is 9.64 Å². The van der Waals surface area contributed by atoms with Crippen LogP contribution in [-0.2, 0) is 13.0 Å². The van der Waals surface area contributed by atoms with Crippen LogP contribution in [0.25, 0.3) is 5.65 Å². The Bertz CT molecular complexity index is 1060. The van der Waals surface area contributed by atoms with Gasteiger partial charge in [0.2, 0.25) is 0 Å². The molecule has 7 nitrogen and oxygen atoms in total. The summed E-state index contributed by atoms with van der Waals surface area (Å²) in [5.74, 6) is 1.07. The van der Waals surface area contributed by atoms with Crippen LogP contribution < -0.4 is 4.74 Å². The minimum atomic E-state index is 0.0453. The second kappa shape index (κ2) is 7.48. The minimum absolute atomic E-state index is 0.0453. The Morgan fingerprint density at radius 2 is 2.10 bits per heavy atom. The maximum atomic E-state index is 13.1. The molecule has 3 aromatic rings. The first-order chi connectivity index (χ1) is 14.2. The minimum Gasteiger partial charge on any atom is -0.493 e. The van der Waals surface area contributed by atoms with E-state index in [-0.39, 0.29) is 5.91 Å². The Labute approximate surface area is 169 Å². The molecule has 0 N–H and O–H groups in total. The summed E-state index contributed by atoms with van der Waals surface area (Å²) in [6, 6.07) is 8.36. The molecule has 1 fully saturated rings. The number of hydrogen-bond donors (Lipinski definition) is 0. The molecular formula is C22H25N5O2. The van der Waals surface area contributed by atoms with Gasteiger partial charge in [0.1, 0.15) is 5.75 Å². The van der Waals surface area contributed by atoms with Gasteiger partial charge in [0.15, 0.2) is 5.65 Å². The molecule has 0 saturated carbocycles. The number of benzene rings is 1. The van der Waals surface area contributed by atoms with Gasteiger partial charge in [0.05, 0.1) is 24.1 Å². The predicted molar refractivity (Wildman–Crippen MR) is 109 cm³/mol. The summed E-state index contributed by atoms with van der Waals surface area (Å²) in [5, 5.41) is 4.27. The lowest BCUT2D eigenvalue weighted by molar-refractivity contribution is 0.0759. The van der Waals surface area contributed by atoms with Crippen molar-refractivity contribution in [1.82, 2.24) is 24.4 Å². The van der Waals surface area contributed by atoms with E-state index in [1.165, 1.54) is 11.1 Å². The zero-order valence-electron chi connectivity index (χ0n) is 16.7. The molecule has 0 bridgehead atoms. The maximum absolute atomic E-state index is 13.1. The Hall–Kier alpha value is -2.93. The number of hydrogen-bond acceptors (Lipinski definition) is 5. The lowest BCUT2D eigenvalue weighted by atomic mass is 10.1. The summed E-state index contributed by atoms with van der Waals surface area (Å²) in [4.78, 5) is 21.9. The zero-order chi connectivity index (χ0) is 19.8. The smallest absolute Gasteiger partial charge is 0.257 e. The molecule has 0 radical (unpaired) electrons. The summed E-state index contributed by atoms with van der Waals surface area (Å²) >= 11 is 0. The molecule has 1 aromatic carbocycles. The molecule has 7 heteroatoms. The summed E-state index contributed by atoms with van der Waals surface area (Å²) in [7, 11) is 0. The van der Waals surface area contributed by atoms with Gasteiger partial charge in [-0.2, -0.15) is 5.10 Å².